The number of rotatable bonds is 4. The number of carbonyl (C=O) groups is 2. The largest absolute Gasteiger partial charge is 0.478 e. The number of hydrogen-bond donors (Lipinski definition) is 6. The Bertz CT molecular complexity index is 742. The zero-order chi connectivity index (χ0) is 19.0. The lowest BCUT2D eigenvalue weighted by molar-refractivity contribution is -0.119. The molecule has 2 saturated heterocycles. The van der Waals surface area contributed by atoms with E-state index in [2.05, 4.69) is 31.8 Å². The molecule has 1 aromatic rings. The van der Waals surface area contributed by atoms with Crippen LogP contribution in [0.4, 0.5) is 11.4 Å². The smallest absolute Gasteiger partial charge is 0.337 e. The topological polar surface area (TPSA) is 121 Å². The van der Waals surface area contributed by atoms with Crippen LogP contribution in [0.25, 0.3) is 0 Å². The van der Waals surface area contributed by atoms with Crippen LogP contribution in [0.3, 0.4) is 0 Å². The summed E-state index contributed by atoms with van der Waals surface area (Å²) in [5.74, 6) is -1.30. The van der Waals surface area contributed by atoms with Gasteiger partial charge in [0.25, 0.3) is 0 Å². The SMILES string of the molecule is CN1NCc2cc(C(=O)O)c(NC(=O)C3CCC(N4CCNC4)NN3)cc21. The summed E-state index contributed by atoms with van der Waals surface area (Å²) in [6, 6.07) is 2.92. The molecular weight excluding hydrogens is 350 g/mol. The van der Waals surface area contributed by atoms with Crippen LogP contribution in [0.1, 0.15) is 28.8 Å². The molecule has 0 spiro atoms. The van der Waals surface area contributed by atoms with Crippen LogP contribution >= 0.6 is 0 Å². The molecule has 2 atom stereocenters. The third-order valence-electron chi connectivity index (χ3n) is 5.38. The molecule has 3 aliphatic rings. The normalized spacial score (nSPS) is 25.4. The number of amides is 1. The molecule has 0 bridgehead atoms. The van der Waals surface area contributed by atoms with Crippen molar-refractivity contribution in [1.29, 1.82) is 0 Å². The van der Waals surface area contributed by atoms with Crippen molar-refractivity contribution in [1.82, 2.24) is 26.5 Å². The van der Waals surface area contributed by atoms with E-state index in [-0.39, 0.29) is 17.6 Å². The van der Waals surface area contributed by atoms with Crippen LogP contribution < -0.4 is 31.9 Å². The molecule has 3 aliphatic heterocycles. The van der Waals surface area contributed by atoms with E-state index in [0.29, 0.717) is 18.7 Å². The fourth-order valence-corrected chi connectivity index (χ4v) is 3.80. The van der Waals surface area contributed by atoms with Crippen molar-refractivity contribution in [2.24, 2.45) is 0 Å². The Morgan fingerprint density at radius 2 is 2.11 bits per heavy atom. The van der Waals surface area contributed by atoms with Crippen molar-refractivity contribution in [3.63, 3.8) is 0 Å². The highest BCUT2D eigenvalue weighted by Gasteiger charge is 2.31. The van der Waals surface area contributed by atoms with Gasteiger partial charge in [-0.05, 0) is 30.5 Å². The Kier molecular flexibility index (Phi) is 4.98. The lowest BCUT2D eigenvalue weighted by Gasteiger charge is -2.35. The monoisotopic (exact) mass is 375 g/mol. The first kappa shape index (κ1) is 18.1. The van der Waals surface area contributed by atoms with Crippen LogP contribution in [0, 0.1) is 0 Å². The third kappa shape index (κ3) is 3.62. The average molecular weight is 375 g/mol. The van der Waals surface area contributed by atoms with Crippen molar-refractivity contribution in [3.8, 4) is 0 Å². The van der Waals surface area contributed by atoms with Gasteiger partial charge >= 0.3 is 5.97 Å². The number of benzene rings is 1. The number of anilines is 2. The molecule has 0 radical (unpaired) electrons. The van der Waals surface area contributed by atoms with Gasteiger partial charge in [0.2, 0.25) is 5.91 Å². The van der Waals surface area contributed by atoms with Crippen LogP contribution in [0.2, 0.25) is 0 Å². The van der Waals surface area contributed by atoms with Crippen molar-refractivity contribution < 1.29 is 14.7 Å². The number of carboxylic acids is 1. The van der Waals surface area contributed by atoms with Gasteiger partial charge < -0.3 is 20.7 Å². The zero-order valence-electron chi connectivity index (χ0n) is 15.2. The third-order valence-corrected chi connectivity index (χ3v) is 5.38. The molecule has 1 aromatic carbocycles. The number of carbonyl (C=O) groups excluding carboxylic acids is 1. The number of hydrogen-bond acceptors (Lipinski definition) is 8. The molecule has 10 nitrogen and oxygen atoms in total. The van der Waals surface area contributed by atoms with Gasteiger partial charge in [-0.2, -0.15) is 0 Å². The van der Waals surface area contributed by atoms with Gasteiger partial charge in [0.15, 0.2) is 0 Å². The Morgan fingerprint density at radius 1 is 1.26 bits per heavy atom. The summed E-state index contributed by atoms with van der Waals surface area (Å²) in [6.07, 6.45) is 1.71. The van der Waals surface area contributed by atoms with Gasteiger partial charge in [0.1, 0.15) is 6.04 Å². The highest BCUT2D eigenvalue weighted by Crippen LogP contribution is 2.31. The molecule has 0 aliphatic carbocycles. The number of nitrogens with one attached hydrogen (secondary N) is 5. The summed E-state index contributed by atoms with van der Waals surface area (Å²) in [5, 5.41) is 17.4. The quantitative estimate of drug-likeness (QED) is 0.403. The standard InChI is InChI=1S/C17H25N7O3/c1-23-14-7-13(11(17(26)27)6-10(14)8-19-23)20-16(25)12-2-3-15(22-21-12)24-5-4-18-9-24/h6-7,12,15,18-19,21-22H,2-5,8-9H2,1H3,(H,20,25)(H,26,27). The Hall–Kier alpha value is -2.24. The molecule has 10 heteroatoms. The van der Waals surface area contributed by atoms with Gasteiger partial charge in [0.05, 0.1) is 23.1 Å². The number of nitrogens with zero attached hydrogens (tertiary/aromatic N) is 2. The van der Waals surface area contributed by atoms with Crippen LogP contribution in [-0.4, -0.2) is 60.9 Å². The molecular formula is C17H25N7O3. The van der Waals surface area contributed by atoms with Gasteiger partial charge in [-0.25, -0.2) is 21.1 Å². The Morgan fingerprint density at radius 3 is 2.78 bits per heavy atom. The second-order valence-electron chi connectivity index (χ2n) is 7.12. The second kappa shape index (κ2) is 7.41. The maximum absolute atomic E-state index is 12.7. The molecule has 4 rings (SSSR count). The number of fused-ring (bicyclic) bond motifs is 1. The Labute approximate surface area is 157 Å². The number of hydrazine groups is 2. The molecule has 1 amide bonds. The van der Waals surface area contributed by atoms with E-state index in [0.717, 1.165) is 37.4 Å². The van der Waals surface area contributed by atoms with Gasteiger partial charge in [-0.3, -0.25) is 9.69 Å². The lowest BCUT2D eigenvalue weighted by atomic mass is 10.0. The van der Waals surface area contributed by atoms with E-state index < -0.39 is 12.0 Å². The summed E-state index contributed by atoms with van der Waals surface area (Å²) in [6.45, 7) is 3.37. The number of aromatic carboxylic acids is 1. The molecule has 3 heterocycles. The summed E-state index contributed by atoms with van der Waals surface area (Å²) in [5.41, 5.74) is 11.6. The van der Waals surface area contributed by atoms with E-state index in [1.54, 1.807) is 12.1 Å². The number of carboxylic acid groups (broad SMARTS) is 1. The first-order valence-electron chi connectivity index (χ1n) is 9.17. The minimum absolute atomic E-state index is 0.101. The highest BCUT2D eigenvalue weighted by atomic mass is 16.4. The first-order chi connectivity index (χ1) is 13.0. The minimum atomic E-state index is -1.06. The van der Waals surface area contributed by atoms with Crippen molar-refractivity contribution in [2.75, 3.05) is 37.1 Å². The van der Waals surface area contributed by atoms with E-state index in [4.69, 9.17) is 0 Å². The van der Waals surface area contributed by atoms with Gasteiger partial charge in [-0.1, -0.05) is 0 Å². The predicted octanol–water partition coefficient (Wildman–Crippen LogP) is -0.777. The summed E-state index contributed by atoms with van der Waals surface area (Å²) < 4.78 is 0. The summed E-state index contributed by atoms with van der Waals surface area (Å²) >= 11 is 0. The molecule has 27 heavy (non-hydrogen) atoms. The average Bonchev–Trinajstić information content (AvgIpc) is 3.32. The molecule has 2 unspecified atom stereocenters. The zero-order valence-corrected chi connectivity index (χ0v) is 15.2. The highest BCUT2D eigenvalue weighted by molar-refractivity contribution is 6.03. The van der Waals surface area contributed by atoms with Gasteiger partial charge in [0, 0.05) is 33.4 Å². The van der Waals surface area contributed by atoms with Crippen molar-refractivity contribution >= 4 is 23.3 Å². The van der Waals surface area contributed by atoms with E-state index in [9.17, 15) is 14.7 Å². The summed E-state index contributed by atoms with van der Waals surface area (Å²) in [4.78, 5) is 26.6. The van der Waals surface area contributed by atoms with Crippen LogP contribution in [-0.2, 0) is 11.3 Å². The van der Waals surface area contributed by atoms with E-state index in [1.807, 2.05) is 12.1 Å². The van der Waals surface area contributed by atoms with Crippen molar-refractivity contribution in [3.05, 3.63) is 23.3 Å². The van der Waals surface area contributed by atoms with E-state index in [1.165, 1.54) is 0 Å². The molecule has 0 aromatic heterocycles. The predicted molar refractivity (Wildman–Crippen MR) is 99.9 cm³/mol. The first-order valence-corrected chi connectivity index (χ1v) is 9.17. The minimum Gasteiger partial charge on any atom is -0.478 e. The maximum Gasteiger partial charge on any atom is 0.337 e. The second-order valence-corrected chi connectivity index (χ2v) is 7.12. The van der Waals surface area contributed by atoms with Gasteiger partial charge in [-0.15, -0.1) is 0 Å². The van der Waals surface area contributed by atoms with E-state index >= 15 is 0 Å². The fraction of sp³-hybridized carbons (Fsp3) is 0.529. The lowest BCUT2D eigenvalue weighted by Crippen LogP contribution is -2.60. The molecule has 2 fully saturated rings. The van der Waals surface area contributed by atoms with Crippen LogP contribution in [0.5, 0.6) is 0 Å². The maximum atomic E-state index is 12.7. The van der Waals surface area contributed by atoms with Crippen molar-refractivity contribution in [2.45, 2.75) is 31.6 Å². The molecule has 6 N–H and O–H groups in total. The summed E-state index contributed by atoms with van der Waals surface area (Å²) in [7, 11) is 1.86. The molecule has 146 valence electrons. The molecule has 0 saturated carbocycles. The Balaban J connectivity index is 1.44. The van der Waals surface area contributed by atoms with Crippen LogP contribution in [0.15, 0.2) is 12.1 Å². The fourth-order valence-electron chi connectivity index (χ4n) is 3.80.